The van der Waals surface area contributed by atoms with Crippen LogP contribution in [0.5, 0.6) is 0 Å². The minimum Gasteiger partial charge on any atom is -0.314 e. The molecule has 0 aromatic carbocycles. The van der Waals surface area contributed by atoms with Crippen LogP contribution < -0.4 is 5.32 Å². The summed E-state index contributed by atoms with van der Waals surface area (Å²) in [5, 5.41) is 3.47. The van der Waals surface area contributed by atoms with Gasteiger partial charge in [0.25, 0.3) is 0 Å². The van der Waals surface area contributed by atoms with Gasteiger partial charge in [0.1, 0.15) is 0 Å². The van der Waals surface area contributed by atoms with Crippen molar-refractivity contribution in [1.29, 1.82) is 0 Å². The van der Waals surface area contributed by atoms with E-state index in [2.05, 4.69) is 17.1 Å². The van der Waals surface area contributed by atoms with Gasteiger partial charge in [0.05, 0.1) is 0 Å². The van der Waals surface area contributed by atoms with Gasteiger partial charge in [0.2, 0.25) is 0 Å². The standard InChI is InChI=1S/C15H29N2/c1-2-3-4-7-14-8-5-6-9-15(14)17-12-10-16-11-13-17/h14,16H,2-13H2,1H3. The monoisotopic (exact) mass is 237 g/mol. The number of piperazine rings is 1. The average molecular weight is 237 g/mol. The van der Waals surface area contributed by atoms with Crippen LogP contribution in [0, 0.1) is 12.0 Å². The Labute approximate surface area is 107 Å². The molecule has 0 amide bonds. The van der Waals surface area contributed by atoms with E-state index in [9.17, 15) is 0 Å². The highest BCUT2D eigenvalue weighted by atomic mass is 15.2. The van der Waals surface area contributed by atoms with Gasteiger partial charge >= 0.3 is 0 Å². The summed E-state index contributed by atoms with van der Waals surface area (Å²) in [6, 6.07) is 1.81. The molecule has 1 aliphatic carbocycles. The van der Waals surface area contributed by atoms with E-state index in [1.165, 1.54) is 77.5 Å². The van der Waals surface area contributed by atoms with Gasteiger partial charge in [-0.3, -0.25) is 4.90 Å². The molecule has 99 valence electrons. The maximum Gasteiger partial charge on any atom is 0.0425 e. The van der Waals surface area contributed by atoms with Crippen LogP contribution in [0.25, 0.3) is 0 Å². The van der Waals surface area contributed by atoms with Gasteiger partial charge in [-0.25, -0.2) is 0 Å². The van der Waals surface area contributed by atoms with Crippen molar-refractivity contribution in [2.24, 2.45) is 5.92 Å². The van der Waals surface area contributed by atoms with Crippen molar-refractivity contribution in [3.63, 3.8) is 0 Å². The molecule has 1 heterocycles. The van der Waals surface area contributed by atoms with E-state index in [1.54, 1.807) is 0 Å². The second-order valence-electron chi connectivity index (χ2n) is 5.67. The normalized spacial score (nSPS) is 28.4. The van der Waals surface area contributed by atoms with E-state index >= 15 is 0 Å². The Kier molecular flexibility index (Phi) is 5.79. The first-order chi connectivity index (χ1) is 8.42. The summed E-state index contributed by atoms with van der Waals surface area (Å²) in [5.74, 6) is 0.924. The first-order valence-corrected chi connectivity index (χ1v) is 7.73. The molecule has 0 bridgehead atoms. The van der Waals surface area contributed by atoms with Crippen molar-refractivity contribution >= 4 is 0 Å². The zero-order valence-corrected chi connectivity index (χ0v) is 11.5. The van der Waals surface area contributed by atoms with E-state index < -0.39 is 0 Å². The lowest BCUT2D eigenvalue weighted by Gasteiger charge is -2.41. The van der Waals surface area contributed by atoms with Crippen LogP contribution in [0.4, 0.5) is 0 Å². The summed E-state index contributed by atoms with van der Waals surface area (Å²) in [6.45, 7) is 7.18. The number of rotatable bonds is 5. The highest BCUT2D eigenvalue weighted by Crippen LogP contribution is 2.37. The van der Waals surface area contributed by atoms with Gasteiger partial charge in [-0.1, -0.05) is 39.0 Å². The molecule has 0 aromatic rings. The quantitative estimate of drug-likeness (QED) is 0.739. The number of hydrogen-bond donors (Lipinski definition) is 1. The van der Waals surface area contributed by atoms with Crippen LogP contribution in [-0.2, 0) is 0 Å². The van der Waals surface area contributed by atoms with Gasteiger partial charge < -0.3 is 5.32 Å². The van der Waals surface area contributed by atoms with Crippen molar-refractivity contribution in [3.8, 4) is 0 Å². The average Bonchev–Trinajstić information content (AvgIpc) is 2.41. The molecule has 2 fully saturated rings. The molecular weight excluding hydrogens is 208 g/mol. The second kappa shape index (κ2) is 7.38. The fourth-order valence-electron chi connectivity index (χ4n) is 3.39. The molecule has 1 unspecified atom stereocenters. The summed E-state index contributed by atoms with van der Waals surface area (Å²) in [5.41, 5.74) is 0. The molecule has 17 heavy (non-hydrogen) atoms. The lowest BCUT2D eigenvalue weighted by atomic mass is 9.80. The zero-order valence-electron chi connectivity index (χ0n) is 11.5. The molecule has 1 aliphatic heterocycles. The minimum absolute atomic E-state index is 0.924. The molecule has 2 rings (SSSR count). The lowest BCUT2D eigenvalue weighted by Crippen LogP contribution is -2.47. The van der Waals surface area contributed by atoms with Crippen molar-refractivity contribution in [3.05, 3.63) is 6.04 Å². The summed E-state index contributed by atoms with van der Waals surface area (Å²) < 4.78 is 0. The smallest absolute Gasteiger partial charge is 0.0425 e. The van der Waals surface area contributed by atoms with E-state index in [4.69, 9.17) is 0 Å². The van der Waals surface area contributed by atoms with Crippen LogP contribution in [0.1, 0.15) is 58.3 Å². The van der Waals surface area contributed by atoms with Crippen LogP contribution in [0.3, 0.4) is 0 Å². The van der Waals surface area contributed by atoms with E-state index in [0.717, 1.165) is 5.92 Å². The summed E-state index contributed by atoms with van der Waals surface area (Å²) in [4.78, 5) is 2.70. The van der Waals surface area contributed by atoms with Crippen molar-refractivity contribution < 1.29 is 0 Å². The predicted molar refractivity (Wildman–Crippen MR) is 73.8 cm³/mol. The third-order valence-corrected chi connectivity index (χ3v) is 4.39. The topological polar surface area (TPSA) is 15.3 Å². The molecule has 0 spiro atoms. The summed E-state index contributed by atoms with van der Waals surface area (Å²) in [6.07, 6.45) is 11.4. The fourth-order valence-corrected chi connectivity index (χ4v) is 3.39. The van der Waals surface area contributed by atoms with E-state index in [0.29, 0.717) is 0 Å². The third kappa shape index (κ3) is 3.96. The van der Waals surface area contributed by atoms with Gasteiger partial charge in [0.15, 0.2) is 0 Å². The van der Waals surface area contributed by atoms with Crippen molar-refractivity contribution in [2.75, 3.05) is 26.2 Å². The molecule has 2 nitrogen and oxygen atoms in total. The molecule has 1 N–H and O–H groups in total. The fraction of sp³-hybridized carbons (Fsp3) is 0.933. The van der Waals surface area contributed by atoms with Crippen LogP contribution in [0.2, 0.25) is 0 Å². The molecule has 1 saturated heterocycles. The molecule has 0 aromatic heterocycles. The molecule has 1 radical (unpaired) electrons. The SMILES string of the molecule is CCCCCC1CCCC[C]1N1CCNCC1. The number of nitrogens with one attached hydrogen (secondary N) is 1. The number of unbranched alkanes of at least 4 members (excludes halogenated alkanes) is 2. The van der Waals surface area contributed by atoms with E-state index in [1.807, 2.05) is 6.04 Å². The summed E-state index contributed by atoms with van der Waals surface area (Å²) in [7, 11) is 0. The summed E-state index contributed by atoms with van der Waals surface area (Å²) >= 11 is 0. The Morgan fingerprint density at radius 3 is 2.76 bits per heavy atom. The van der Waals surface area contributed by atoms with Crippen molar-refractivity contribution in [1.82, 2.24) is 10.2 Å². The molecule has 2 aliphatic rings. The Morgan fingerprint density at radius 2 is 2.00 bits per heavy atom. The first kappa shape index (κ1) is 13.4. The lowest BCUT2D eigenvalue weighted by molar-refractivity contribution is 0.165. The highest BCUT2D eigenvalue weighted by Gasteiger charge is 2.30. The van der Waals surface area contributed by atoms with Gasteiger partial charge in [-0.05, 0) is 25.2 Å². The third-order valence-electron chi connectivity index (χ3n) is 4.39. The first-order valence-electron chi connectivity index (χ1n) is 7.73. The Morgan fingerprint density at radius 1 is 1.18 bits per heavy atom. The highest BCUT2D eigenvalue weighted by molar-refractivity contribution is 5.00. The maximum absolute atomic E-state index is 3.47. The van der Waals surface area contributed by atoms with Crippen molar-refractivity contribution in [2.45, 2.75) is 58.3 Å². The predicted octanol–water partition coefficient (Wildman–Crippen LogP) is 3.19. The molecular formula is C15H29N2. The second-order valence-corrected chi connectivity index (χ2v) is 5.67. The van der Waals surface area contributed by atoms with Gasteiger partial charge in [-0.2, -0.15) is 0 Å². The molecule has 2 heteroatoms. The van der Waals surface area contributed by atoms with E-state index in [-0.39, 0.29) is 0 Å². The zero-order chi connectivity index (χ0) is 11.9. The number of hydrogen-bond acceptors (Lipinski definition) is 2. The Balaban J connectivity index is 1.82. The maximum atomic E-state index is 3.47. The van der Waals surface area contributed by atoms with Gasteiger partial charge in [0, 0.05) is 32.2 Å². The van der Waals surface area contributed by atoms with Crippen LogP contribution in [-0.4, -0.2) is 31.1 Å². The van der Waals surface area contributed by atoms with Gasteiger partial charge in [-0.15, -0.1) is 0 Å². The largest absolute Gasteiger partial charge is 0.314 e. The Hall–Kier alpha value is -0.0800. The molecule has 1 saturated carbocycles. The van der Waals surface area contributed by atoms with Crippen LogP contribution in [0.15, 0.2) is 0 Å². The molecule has 1 atom stereocenters. The minimum atomic E-state index is 0.924. The number of nitrogens with zero attached hydrogens (tertiary/aromatic N) is 1. The Bertz CT molecular complexity index is 199. The van der Waals surface area contributed by atoms with Crippen LogP contribution >= 0.6 is 0 Å².